The van der Waals surface area contributed by atoms with Gasteiger partial charge in [-0.25, -0.2) is 0 Å². The largest absolute Gasteiger partial charge is 0.454 e. The fourth-order valence-corrected chi connectivity index (χ4v) is 5.86. The normalized spacial score (nSPS) is 17.2. The number of amides is 1. The van der Waals surface area contributed by atoms with Crippen molar-refractivity contribution in [2.24, 2.45) is 7.05 Å². The molecule has 2 aromatic carbocycles. The Kier molecular flexibility index (Phi) is 4.28. The number of aromatic nitrogens is 1. The SMILES string of the molecule is Cn1cc(C(=O)N2CCc3ccsc3C2Cc2ccc3c(c2)OCO3)c2ccccc21. The van der Waals surface area contributed by atoms with Gasteiger partial charge < -0.3 is 18.9 Å². The number of carbonyl (C=O) groups is 1. The summed E-state index contributed by atoms with van der Waals surface area (Å²) in [7, 11) is 2.00. The molecule has 1 amide bonds. The van der Waals surface area contributed by atoms with Crippen LogP contribution in [0.4, 0.5) is 0 Å². The number of ether oxygens (including phenoxy) is 2. The predicted molar refractivity (Wildman–Crippen MR) is 121 cm³/mol. The van der Waals surface area contributed by atoms with E-state index >= 15 is 0 Å². The van der Waals surface area contributed by atoms with Gasteiger partial charge >= 0.3 is 0 Å². The van der Waals surface area contributed by atoms with E-state index in [0.29, 0.717) is 0 Å². The van der Waals surface area contributed by atoms with Crippen molar-refractivity contribution < 1.29 is 14.3 Å². The lowest BCUT2D eigenvalue weighted by Crippen LogP contribution is -2.40. The second-order valence-electron chi connectivity index (χ2n) is 8.14. The standard InChI is InChI=1S/C25H22N2O3S/c1-26-14-19(18-4-2-3-5-20(18)26)25(28)27-10-8-17-9-11-31-24(17)21(27)12-16-6-7-22-23(13-16)30-15-29-22/h2-7,9,11,13-14,21H,8,10,12,15H2,1H3. The minimum atomic E-state index is 0.00981. The number of thiophene rings is 1. The van der Waals surface area contributed by atoms with Crippen LogP contribution in [0.2, 0.25) is 0 Å². The van der Waals surface area contributed by atoms with E-state index < -0.39 is 0 Å². The summed E-state index contributed by atoms with van der Waals surface area (Å²) in [4.78, 5) is 17.2. The van der Waals surface area contributed by atoms with Gasteiger partial charge in [0.05, 0.1) is 11.6 Å². The number of carbonyl (C=O) groups excluding carboxylic acids is 1. The molecule has 2 aliphatic heterocycles. The highest BCUT2D eigenvalue weighted by Gasteiger charge is 2.34. The van der Waals surface area contributed by atoms with Gasteiger partial charge in [-0.1, -0.05) is 24.3 Å². The molecule has 0 saturated carbocycles. The molecule has 2 aliphatic rings. The van der Waals surface area contributed by atoms with Crippen LogP contribution >= 0.6 is 11.3 Å². The van der Waals surface area contributed by atoms with E-state index in [1.807, 2.05) is 48.1 Å². The summed E-state index contributed by atoms with van der Waals surface area (Å²) >= 11 is 1.75. The fraction of sp³-hybridized carbons (Fsp3) is 0.240. The Morgan fingerprint density at radius 1 is 1.13 bits per heavy atom. The molecule has 4 heterocycles. The zero-order valence-electron chi connectivity index (χ0n) is 17.2. The monoisotopic (exact) mass is 430 g/mol. The van der Waals surface area contributed by atoms with E-state index in [4.69, 9.17) is 9.47 Å². The van der Waals surface area contributed by atoms with Crippen molar-refractivity contribution in [3.63, 3.8) is 0 Å². The Hall–Kier alpha value is -3.25. The lowest BCUT2D eigenvalue weighted by Gasteiger charge is -2.36. The Bertz CT molecular complexity index is 1310. The second kappa shape index (κ2) is 7.17. The van der Waals surface area contributed by atoms with Gasteiger partial charge in [0.25, 0.3) is 5.91 Å². The van der Waals surface area contributed by atoms with Crippen molar-refractivity contribution in [2.75, 3.05) is 13.3 Å². The maximum atomic E-state index is 13.8. The highest BCUT2D eigenvalue weighted by Crippen LogP contribution is 2.40. The van der Waals surface area contributed by atoms with Gasteiger partial charge in [-0.15, -0.1) is 11.3 Å². The number of nitrogens with zero attached hydrogens (tertiary/aromatic N) is 2. The molecule has 0 radical (unpaired) electrons. The summed E-state index contributed by atoms with van der Waals surface area (Å²) in [5, 5.41) is 3.15. The molecule has 0 aliphatic carbocycles. The maximum absolute atomic E-state index is 13.8. The molecule has 0 saturated heterocycles. The first-order valence-electron chi connectivity index (χ1n) is 10.5. The average Bonchev–Trinajstić information content (AvgIpc) is 3.52. The van der Waals surface area contributed by atoms with Crippen molar-refractivity contribution in [3.8, 4) is 11.5 Å². The number of fused-ring (bicyclic) bond motifs is 3. The zero-order valence-corrected chi connectivity index (χ0v) is 18.0. The number of para-hydroxylation sites is 1. The van der Waals surface area contributed by atoms with E-state index in [2.05, 4.69) is 28.5 Å². The minimum Gasteiger partial charge on any atom is -0.454 e. The average molecular weight is 431 g/mol. The molecule has 6 rings (SSSR count). The molecular formula is C25H22N2O3S. The van der Waals surface area contributed by atoms with Crippen molar-refractivity contribution in [1.29, 1.82) is 0 Å². The van der Waals surface area contributed by atoms with Crippen molar-refractivity contribution >= 4 is 28.1 Å². The Labute approximate surface area is 184 Å². The molecule has 0 N–H and O–H groups in total. The van der Waals surface area contributed by atoms with E-state index in [9.17, 15) is 4.79 Å². The van der Waals surface area contributed by atoms with Crippen LogP contribution in [0.3, 0.4) is 0 Å². The van der Waals surface area contributed by atoms with E-state index in [1.165, 1.54) is 10.4 Å². The number of rotatable bonds is 3. The summed E-state index contributed by atoms with van der Waals surface area (Å²) < 4.78 is 13.1. The Balaban J connectivity index is 1.39. The smallest absolute Gasteiger partial charge is 0.256 e. The van der Waals surface area contributed by atoms with E-state index in [1.54, 1.807) is 11.3 Å². The molecular weight excluding hydrogens is 408 g/mol. The van der Waals surface area contributed by atoms with Crippen LogP contribution in [-0.2, 0) is 19.9 Å². The van der Waals surface area contributed by atoms with Crippen molar-refractivity contribution in [1.82, 2.24) is 9.47 Å². The molecule has 156 valence electrons. The molecule has 2 aromatic heterocycles. The second-order valence-corrected chi connectivity index (χ2v) is 9.08. The van der Waals surface area contributed by atoms with Gasteiger partial charge in [-0.2, -0.15) is 0 Å². The third-order valence-electron chi connectivity index (χ3n) is 6.34. The van der Waals surface area contributed by atoms with Gasteiger partial charge in [0.15, 0.2) is 11.5 Å². The Morgan fingerprint density at radius 3 is 2.94 bits per heavy atom. The topological polar surface area (TPSA) is 43.7 Å². The minimum absolute atomic E-state index is 0.00981. The predicted octanol–water partition coefficient (Wildman–Crippen LogP) is 4.95. The first kappa shape index (κ1) is 18.5. The van der Waals surface area contributed by atoms with Crippen molar-refractivity contribution in [3.05, 3.63) is 81.7 Å². The number of hydrogen-bond acceptors (Lipinski definition) is 4. The molecule has 0 bridgehead atoms. The molecule has 4 aromatic rings. The summed E-state index contributed by atoms with van der Waals surface area (Å²) in [5.74, 6) is 1.67. The lowest BCUT2D eigenvalue weighted by atomic mass is 9.94. The molecule has 1 unspecified atom stereocenters. The Morgan fingerprint density at radius 2 is 2.00 bits per heavy atom. The highest BCUT2D eigenvalue weighted by atomic mass is 32.1. The highest BCUT2D eigenvalue weighted by molar-refractivity contribution is 7.10. The van der Waals surface area contributed by atoms with Crippen LogP contribution < -0.4 is 9.47 Å². The van der Waals surface area contributed by atoms with Gasteiger partial charge in [-0.05, 0) is 53.6 Å². The number of hydrogen-bond donors (Lipinski definition) is 0. The fourth-order valence-electron chi connectivity index (χ4n) is 4.79. The first-order valence-corrected chi connectivity index (χ1v) is 11.4. The molecule has 31 heavy (non-hydrogen) atoms. The van der Waals surface area contributed by atoms with Gasteiger partial charge in [0.1, 0.15) is 0 Å². The third-order valence-corrected chi connectivity index (χ3v) is 7.40. The summed E-state index contributed by atoms with van der Waals surface area (Å²) in [5.41, 5.74) is 4.35. The first-order chi connectivity index (χ1) is 15.2. The third kappa shape index (κ3) is 3.01. The van der Waals surface area contributed by atoms with Gasteiger partial charge in [0, 0.05) is 35.6 Å². The van der Waals surface area contributed by atoms with Crippen LogP contribution in [0, 0.1) is 0 Å². The molecule has 1 atom stereocenters. The van der Waals surface area contributed by atoms with Crippen LogP contribution in [0.5, 0.6) is 11.5 Å². The molecule has 6 heteroatoms. The lowest BCUT2D eigenvalue weighted by molar-refractivity contribution is 0.0666. The quantitative estimate of drug-likeness (QED) is 0.462. The van der Waals surface area contributed by atoms with Gasteiger partial charge in [0.2, 0.25) is 6.79 Å². The van der Waals surface area contributed by atoms with Crippen LogP contribution in [0.15, 0.2) is 60.1 Å². The number of benzene rings is 2. The molecule has 0 spiro atoms. The van der Waals surface area contributed by atoms with Gasteiger partial charge in [-0.3, -0.25) is 4.79 Å². The van der Waals surface area contributed by atoms with E-state index in [0.717, 1.165) is 52.9 Å². The summed E-state index contributed by atoms with van der Waals surface area (Å²) in [6.07, 6.45) is 3.61. The summed E-state index contributed by atoms with van der Waals surface area (Å²) in [6, 6.07) is 16.4. The van der Waals surface area contributed by atoms with Crippen LogP contribution in [0.25, 0.3) is 10.9 Å². The number of aryl methyl sites for hydroxylation is 1. The zero-order chi connectivity index (χ0) is 20.9. The molecule has 5 nitrogen and oxygen atoms in total. The molecule has 0 fully saturated rings. The summed E-state index contributed by atoms with van der Waals surface area (Å²) in [6.45, 7) is 0.990. The van der Waals surface area contributed by atoms with Crippen molar-refractivity contribution in [2.45, 2.75) is 18.9 Å². The van der Waals surface area contributed by atoms with E-state index in [-0.39, 0.29) is 18.7 Å². The van der Waals surface area contributed by atoms with Crippen LogP contribution in [0.1, 0.15) is 32.4 Å². The maximum Gasteiger partial charge on any atom is 0.256 e. The van der Waals surface area contributed by atoms with Crippen LogP contribution in [-0.4, -0.2) is 28.7 Å².